The van der Waals surface area contributed by atoms with Gasteiger partial charge in [0.25, 0.3) is 0 Å². The van der Waals surface area contributed by atoms with Crippen LogP contribution in [0.15, 0.2) is 46.9 Å². The van der Waals surface area contributed by atoms with E-state index in [9.17, 15) is 9.18 Å². The van der Waals surface area contributed by atoms with Gasteiger partial charge in [0.2, 0.25) is 0 Å². The highest BCUT2D eigenvalue weighted by Gasteiger charge is 2.27. The van der Waals surface area contributed by atoms with Crippen molar-refractivity contribution in [2.24, 2.45) is 5.92 Å². The maximum atomic E-state index is 13.5. The molecule has 0 aliphatic heterocycles. The number of fused-ring (bicyclic) bond motifs is 1. The van der Waals surface area contributed by atoms with Crippen LogP contribution in [0.1, 0.15) is 27.9 Å². The molecule has 0 radical (unpaired) electrons. The maximum Gasteiger partial charge on any atom is 0.167 e. The Balaban J connectivity index is 1.88. The lowest BCUT2D eigenvalue weighted by atomic mass is 9.80. The van der Waals surface area contributed by atoms with Crippen LogP contribution in [0.4, 0.5) is 4.39 Å². The molecule has 102 valence electrons. The molecule has 2 aromatic rings. The molecule has 20 heavy (non-hydrogen) atoms. The molecule has 0 amide bonds. The summed E-state index contributed by atoms with van der Waals surface area (Å²) in [6, 6.07) is 12.9. The average Bonchev–Trinajstić information content (AvgIpc) is 2.49. The second kappa shape index (κ2) is 5.49. The number of halogens is 2. The number of hydrogen-bond donors (Lipinski definition) is 0. The summed E-state index contributed by atoms with van der Waals surface area (Å²) in [5, 5.41) is 0. The summed E-state index contributed by atoms with van der Waals surface area (Å²) in [6.45, 7) is 0. The fourth-order valence-electron chi connectivity index (χ4n) is 2.84. The molecule has 1 atom stereocenters. The van der Waals surface area contributed by atoms with E-state index in [-0.39, 0.29) is 22.0 Å². The molecular formula is C17H14BrFO. The van der Waals surface area contributed by atoms with Gasteiger partial charge < -0.3 is 0 Å². The van der Waals surface area contributed by atoms with E-state index in [1.54, 1.807) is 12.1 Å². The normalized spacial score (nSPS) is 17.6. The zero-order chi connectivity index (χ0) is 14.1. The molecule has 1 nitrogen and oxygen atoms in total. The largest absolute Gasteiger partial charge is 0.294 e. The van der Waals surface area contributed by atoms with Crippen molar-refractivity contribution >= 4 is 21.7 Å². The number of hydrogen-bond acceptors (Lipinski definition) is 1. The van der Waals surface area contributed by atoms with Crippen molar-refractivity contribution in [2.75, 3.05) is 0 Å². The van der Waals surface area contributed by atoms with Crippen LogP contribution < -0.4 is 0 Å². The minimum absolute atomic E-state index is 0.0332. The van der Waals surface area contributed by atoms with E-state index in [2.05, 4.69) is 28.1 Å². The van der Waals surface area contributed by atoms with E-state index in [4.69, 9.17) is 0 Å². The molecule has 3 rings (SSSR count). The van der Waals surface area contributed by atoms with E-state index in [1.165, 1.54) is 17.2 Å². The third kappa shape index (κ3) is 2.42. The molecule has 0 N–H and O–H groups in total. The minimum Gasteiger partial charge on any atom is -0.294 e. The number of carbonyl (C=O) groups is 1. The molecule has 0 saturated carbocycles. The van der Waals surface area contributed by atoms with Gasteiger partial charge in [0.1, 0.15) is 5.82 Å². The quantitative estimate of drug-likeness (QED) is 0.736. The number of rotatable bonds is 2. The predicted octanol–water partition coefficient (Wildman–Crippen LogP) is 4.58. The molecule has 0 fully saturated rings. The van der Waals surface area contributed by atoms with Gasteiger partial charge in [0.15, 0.2) is 5.78 Å². The maximum absolute atomic E-state index is 13.5. The van der Waals surface area contributed by atoms with Gasteiger partial charge in [-0.05, 0) is 52.4 Å². The summed E-state index contributed by atoms with van der Waals surface area (Å²) in [4.78, 5) is 12.6. The summed E-state index contributed by atoms with van der Waals surface area (Å²) < 4.78 is 13.8. The Kier molecular flexibility index (Phi) is 3.70. The van der Waals surface area contributed by atoms with E-state index < -0.39 is 0 Å². The van der Waals surface area contributed by atoms with Crippen molar-refractivity contribution in [3.63, 3.8) is 0 Å². The second-order valence-electron chi connectivity index (χ2n) is 5.17. The van der Waals surface area contributed by atoms with Gasteiger partial charge in [-0.1, -0.05) is 36.4 Å². The van der Waals surface area contributed by atoms with Crippen molar-refractivity contribution in [1.82, 2.24) is 0 Å². The Morgan fingerprint density at radius 1 is 1.10 bits per heavy atom. The van der Waals surface area contributed by atoms with Crippen LogP contribution >= 0.6 is 15.9 Å². The number of carbonyl (C=O) groups excluding carboxylic acids is 1. The standard InChI is InChI=1S/C17H14BrFO/c18-16-14(6-3-7-15(16)19)17(20)13-9-8-11-4-1-2-5-12(11)10-13/h1-7,13H,8-10H2. The van der Waals surface area contributed by atoms with Gasteiger partial charge >= 0.3 is 0 Å². The van der Waals surface area contributed by atoms with Crippen LogP contribution in [0.25, 0.3) is 0 Å². The van der Waals surface area contributed by atoms with Gasteiger partial charge in [-0.15, -0.1) is 0 Å². The first kappa shape index (κ1) is 13.5. The Bertz CT molecular complexity index is 666. The third-order valence-electron chi connectivity index (χ3n) is 3.93. The molecule has 0 aromatic heterocycles. The van der Waals surface area contributed by atoms with Crippen LogP contribution in [0.2, 0.25) is 0 Å². The fraction of sp³-hybridized carbons (Fsp3) is 0.235. The highest BCUT2D eigenvalue weighted by molar-refractivity contribution is 9.10. The third-order valence-corrected chi connectivity index (χ3v) is 4.74. The molecule has 1 aliphatic rings. The summed E-state index contributed by atoms with van der Waals surface area (Å²) in [6.07, 6.45) is 2.50. The highest BCUT2D eigenvalue weighted by Crippen LogP contribution is 2.30. The minimum atomic E-state index is -0.382. The SMILES string of the molecule is O=C(c1cccc(F)c1Br)C1CCc2ccccc2C1. The molecule has 2 aromatic carbocycles. The van der Waals surface area contributed by atoms with Crippen molar-refractivity contribution in [3.05, 3.63) is 69.4 Å². The molecular weight excluding hydrogens is 319 g/mol. The van der Waals surface area contributed by atoms with E-state index in [1.807, 2.05) is 12.1 Å². The number of benzene rings is 2. The average molecular weight is 333 g/mol. The molecule has 0 heterocycles. The van der Waals surface area contributed by atoms with Gasteiger partial charge in [-0.25, -0.2) is 4.39 Å². The molecule has 1 unspecified atom stereocenters. The van der Waals surface area contributed by atoms with E-state index in [0.29, 0.717) is 5.56 Å². The smallest absolute Gasteiger partial charge is 0.167 e. The van der Waals surface area contributed by atoms with Crippen LogP contribution in [0.3, 0.4) is 0 Å². The lowest BCUT2D eigenvalue weighted by Gasteiger charge is -2.23. The highest BCUT2D eigenvalue weighted by atomic mass is 79.9. The summed E-state index contributed by atoms with van der Waals surface area (Å²) in [7, 11) is 0. The van der Waals surface area contributed by atoms with Crippen molar-refractivity contribution in [2.45, 2.75) is 19.3 Å². The van der Waals surface area contributed by atoms with Gasteiger partial charge in [0, 0.05) is 11.5 Å². The van der Waals surface area contributed by atoms with E-state index in [0.717, 1.165) is 19.3 Å². The Labute approximate surface area is 126 Å². The second-order valence-corrected chi connectivity index (χ2v) is 5.97. The van der Waals surface area contributed by atoms with Crippen LogP contribution in [0.5, 0.6) is 0 Å². The number of aryl methyl sites for hydroxylation is 1. The molecule has 0 saturated heterocycles. The van der Waals surface area contributed by atoms with Gasteiger partial charge in [-0.2, -0.15) is 0 Å². The molecule has 0 bridgehead atoms. The van der Waals surface area contributed by atoms with E-state index >= 15 is 0 Å². The van der Waals surface area contributed by atoms with Gasteiger partial charge in [0.05, 0.1) is 4.47 Å². The molecule has 1 aliphatic carbocycles. The fourth-order valence-corrected chi connectivity index (χ4v) is 3.30. The monoisotopic (exact) mass is 332 g/mol. The van der Waals surface area contributed by atoms with Crippen molar-refractivity contribution in [1.29, 1.82) is 0 Å². The number of ketones is 1. The summed E-state index contributed by atoms with van der Waals surface area (Å²) >= 11 is 3.18. The Morgan fingerprint density at radius 2 is 1.85 bits per heavy atom. The zero-order valence-corrected chi connectivity index (χ0v) is 12.5. The Hall–Kier alpha value is -1.48. The van der Waals surface area contributed by atoms with Crippen molar-refractivity contribution in [3.8, 4) is 0 Å². The van der Waals surface area contributed by atoms with Crippen LogP contribution in [-0.2, 0) is 12.8 Å². The number of Topliss-reactive ketones (excluding diaryl/α,β-unsaturated/α-hetero) is 1. The molecule has 3 heteroatoms. The topological polar surface area (TPSA) is 17.1 Å². The molecule has 0 spiro atoms. The summed E-state index contributed by atoms with van der Waals surface area (Å²) in [5.41, 5.74) is 3.02. The lowest BCUT2D eigenvalue weighted by molar-refractivity contribution is 0.0907. The van der Waals surface area contributed by atoms with Crippen LogP contribution in [0, 0.1) is 11.7 Å². The first-order valence-corrected chi connectivity index (χ1v) is 7.51. The first-order chi connectivity index (χ1) is 9.66. The first-order valence-electron chi connectivity index (χ1n) is 6.72. The lowest BCUT2D eigenvalue weighted by Crippen LogP contribution is -2.23. The van der Waals surface area contributed by atoms with Crippen molar-refractivity contribution < 1.29 is 9.18 Å². The predicted molar refractivity (Wildman–Crippen MR) is 80.4 cm³/mol. The summed E-state index contributed by atoms with van der Waals surface area (Å²) in [5.74, 6) is -0.402. The Morgan fingerprint density at radius 3 is 2.65 bits per heavy atom. The van der Waals surface area contributed by atoms with Crippen LogP contribution in [-0.4, -0.2) is 5.78 Å². The zero-order valence-electron chi connectivity index (χ0n) is 10.9. The van der Waals surface area contributed by atoms with Gasteiger partial charge in [-0.3, -0.25) is 4.79 Å².